The molecule has 32 heavy (non-hydrogen) atoms. The number of rotatable bonds is 5. The molecule has 0 amide bonds. The molecule has 2 fully saturated rings. The molecular weight excluding hydrogens is 416 g/mol. The van der Waals surface area contributed by atoms with Crippen molar-refractivity contribution in [2.24, 2.45) is 5.73 Å². The molecule has 10 heteroatoms. The highest BCUT2D eigenvalue weighted by atomic mass is 19.3. The van der Waals surface area contributed by atoms with Gasteiger partial charge in [-0.3, -0.25) is 4.57 Å². The zero-order valence-corrected chi connectivity index (χ0v) is 17.8. The number of nitrogens with two attached hydrogens (primary N) is 1. The number of para-hydroxylation sites is 2. The number of fused-ring (bicyclic) bond motifs is 1. The molecule has 3 heterocycles. The van der Waals surface area contributed by atoms with Crippen molar-refractivity contribution in [3.05, 3.63) is 36.2 Å². The fraction of sp³-hybridized carbons (Fsp3) is 0.500. The van der Waals surface area contributed by atoms with Gasteiger partial charge in [0.2, 0.25) is 5.95 Å². The van der Waals surface area contributed by atoms with Gasteiger partial charge in [-0.05, 0) is 37.8 Å². The highest BCUT2D eigenvalue weighted by Gasteiger charge is 2.24. The van der Waals surface area contributed by atoms with Crippen molar-refractivity contribution >= 4 is 22.8 Å². The molecule has 0 unspecified atom stereocenters. The summed E-state index contributed by atoms with van der Waals surface area (Å²) in [4.78, 5) is 15.6. The molecule has 0 bridgehead atoms. The first-order valence-corrected chi connectivity index (χ1v) is 11.1. The Labute approximate surface area is 184 Å². The Bertz CT molecular complexity index is 1080. The van der Waals surface area contributed by atoms with Gasteiger partial charge in [-0.25, -0.2) is 13.8 Å². The topological polar surface area (TPSA) is 94.1 Å². The predicted molar refractivity (Wildman–Crippen MR) is 119 cm³/mol. The van der Waals surface area contributed by atoms with Crippen molar-refractivity contribution < 1.29 is 13.5 Å². The Balaban J connectivity index is 1.58. The van der Waals surface area contributed by atoms with Crippen molar-refractivity contribution in [2.75, 3.05) is 36.5 Å². The van der Waals surface area contributed by atoms with E-state index in [9.17, 15) is 8.78 Å². The summed E-state index contributed by atoms with van der Waals surface area (Å²) in [7, 11) is 0. The molecule has 0 atom stereocenters. The monoisotopic (exact) mass is 443 g/mol. The van der Waals surface area contributed by atoms with E-state index >= 15 is 0 Å². The molecule has 8 nitrogen and oxygen atoms in total. The molecule has 1 aromatic carbocycles. The normalized spacial score (nSPS) is 21.9. The lowest BCUT2D eigenvalue weighted by molar-refractivity contribution is 0.122. The number of anilines is 2. The summed E-state index contributed by atoms with van der Waals surface area (Å²) in [6, 6.07) is 9.32. The summed E-state index contributed by atoms with van der Waals surface area (Å²) in [6.45, 7) is 2.45. The lowest BCUT2D eigenvalue weighted by Crippen LogP contribution is -2.38. The van der Waals surface area contributed by atoms with Crippen LogP contribution in [0, 0.1) is 0 Å². The number of hydrogen-bond acceptors (Lipinski definition) is 7. The zero-order valence-electron chi connectivity index (χ0n) is 17.8. The van der Waals surface area contributed by atoms with E-state index in [1.807, 2.05) is 11.0 Å². The highest BCUT2D eigenvalue weighted by molar-refractivity contribution is 5.78. The van der Waals surface area contributed by atoms with Gasteiger partial charge >= 0.3 is 0 Å². The van der Waals surface area contributed by atoms with Crippen molar-refractivity contribution in [1.82, 2.24) is 19.5 Å². The Morgan fingerprint density at radius 2 is 1.78 bits per heavy atom. The van der Waals surface area contributed by atoms with E-state index < -0.39 is 6.43 Å². The Morgan fingerprint density at radius 1 is 1.03 bits per heavy atom. The molecule has 2 aromatic heterocycles. The number of ether oxygens (including phenoxy) is 1. The number of halogens is 2. The quantitative estimate of drug-likeness (QED) is 0.625. The van der Waals surface area contributed by atoms with Crippen LogP contribution in [0.2, 0.25) is 0 Å². The Kier molecular flexibility index (Phi) is 5.88. The van der Waals surface area contributed by atoms with Gasteiger partial charge in [0, 0.05) is 31.2 Å². The molecule has 0 radical (unpaired) electrons. The number of nitrogens with one attached hydrogen (secondary N) is 1. The lowest BCUT2D eigenvalue weighted by Gasteiger charge is -2.29. The van der Waals surface area contributed by atoms with E-state index in [4.69, 9.17) is 15.5 Å². The van der Waals surface area contributed by atoms with Gasteiger partial charge in [0.25, 0.3) is 6.43 Å². The number of nitrogens with zero attached hydrogens (tertiary/aromatic N) is 5. The van der Waals surface area contributed by atoms with Crippen LogP contribution in [0.3, 0.4) is 0 Å². The fourth-order valence-electron chi connectivity index (χ4n) is 4.42. The van der Waals surface area contributed by atoms with Gasteiger partial charge in [0.1, 0.15) is 11.6 Å². The van der Waals surface area contributed by atoms with Crippen LogP contribution in [0.4, 0.5) is 20.5 Å². The fourth-order valence-corrected chi connectivity index (χ4v) is 4.42. The van der Waals surface area contributed by atoms with Crippen LogP contribution in [0.15, 0.2) is 30.3 Å². The lowest BCUT2D eigenvalue weighted by atomic mass is 9.92. The maximum Gasteiger partial charge on any atom is 0.296 e. The van der Waals surface area contributed by atoms with E-state index in [2.05, 4.69) is 15.3 Å². The van der Waals surface area contributed by atoms with Crippen LogP contribution in [0.1, 0.15) is 37.9 Å². The summed E-state index contributed by atoms with van der Waals surface area (Å²) < 4.78 is 34.8. The van der Waals surface area contributed by atoms with E-state index in [1.54, 1.807) is 24.3 Å². The third-order valence-electron chi connectivity index (χ3n) is 6.13. The molecule has 3 N–H and O–H groups in total. The van der Waals surface area contributed by atoms with Gasteiger partial charge in [0.05, 0.1) is 24.2 Å². The van der Waals surface area contributed by atoms with E-state index in [0.29, 0.717) is 54.9 Å². The summed E-state index contributed by atoms with van der Waals surface area (Å²) >= 11 is 0. The molecule has 1 aliphatic carbocycles. The van der Waals surface area contributed by atoms with Crippen molar-refractivity contribution in [3.8, 4) is 5.82 Å². The van der Waals surface area contributed by atoms with Crippen LogP contribution in [0.25, 0.3) is 16.9 Å². The molecular formula is C22H27F2N7O. The number of hydrogen-bond donors (Lipinski definition) is 2. The van der Waals surface area contributed by atoms with Crippen LogP contribution in [0.5, 0.6) is 0 Å². The number of aromatic nitrogens is 4. The van der Waals surface area contributed by atoms with Crippen LogP contribution >= 0.6 is 0 Å². The SMILES string of the molecule is NC1CCC(Nc2cc(-n3c(C(F)F)nc4ccccc43)nc(N3CCOCC3)n2)CC1. The number of alkyl halides is 2. The van der Waals surface area contributed by atoms with Crippen LogP contribution in [-0.4, -0.2) is 57.9 Å². The van der Waals surface area contributed by atoms with Gasteiger partial charge < -0.3 is 20.7 Å². The molecule has 1 saturated heterocycles. The first-order valence-electron chi connectivity index (χ1n) is 11.1. The minimum Gasteiger partial charge on any atom is -0.378 e. The first-order chi connectivity index (χ1) is 15.6. The predicted octanol–water partition coefficient (Wildman–Crippen LogP) is 3.27. The maximum absolute atomic E-state index is 13.9. The minimum atomic E-state index is -2.74. The number of morpholine rings is 1. The first kappa shape index (κ1) is 21.0. The summed E-state index contributed by atoms with van der Waals surface area (Å²) in [5.41, 5.74) is 7.14. The molecule has 3 aromatic rings. The molecule has 1 saturated carbocycles. The summed E-state index contributed by atoms with van der Waals surface area (Å²) in [5, 5.41) is 3.49. The molecule has 2 aliphatic rings. The van der Waals surface area contributed by atoms with Gasteiger partial charge in [-0.2, -0.15) is 9.97 Å². The van der Waals surface area contributed by atoms with Crippen molar-refractivity contribution in [1.29, 1.82) is 0 Å². The summed E-state index contributed by atoms with van der Waals surface area (Å²) in [5.74, 6) is 1.17. The van der Waals surface area contributed by atoms with E-state index in [-0.39, 0.29) is 17.9 Å². The van der Waals surface area contributed by atoms with Gasteiger partial charge in [-0.1, -0.05) is 12.1 Å². The highest BCUT2D eigenvalue weighted by Crippen LogP contribution is 2.30. The van der Waals surface area contributed by atoms with Crippen LogP contribution < -0.4 is 16.0 Å². The largest absolute Gasteiger partial charge is 0.378 e. The number of imidazole rings is 1. The summed E-state index contributed by atoms with van der Waals surface area (Å²) in [6.07, 6.45) is 1.06. The molecule has 5 rings (SSSR count). The van der Waals surface area contributed by atoms with Gasteiger partial charge in [0.15, 0.2) is 5.82 Å². The molecule has 1 aliphatic heterocycles. The average Bonchev–Trinajstić information content (AvgIpc) is 3.21. The average molecular weight is 444 g/mol. The van der Waals surface area contributed by atoms with Crippen molar-refractivity contribution in [2.45, 2.75) is 44.2 Å². The second kappa shape index (κ2) is 8.95. The molecule has 0 spiro atoms. The zero-order chi connectivity index (χ0) is 22.1. The minimum absolute atomic E-state index is 0.240. The smallest absolute Gasteiger partial charge is 0.296 e. The van der Waals surface area contributed by atoms with Crippen LogP contribution in [-0.2, 0) is 4.74 Å². The standard InChI is InChI=1S/C22H27F2N7O/c23-20(24)21-27-16-3-1-2-4-17(16)31(21)19-13-18(26-15-7-5-14(25)6-8-15)28-22(29-19)30-9-11-32-12-10-30/h1-4,13-15,20H,5-12,25H2,(H,26,28,29). The van der Waals surface area contributed by atoms with Crippen molar-refractivity contribution in [3.63, 3.8) is 0 Å². The van der Waals surface area contributed by atoms with E-state index in [1.165, 1.54) is 4.57 Å². The Hall–Kier alpha value is -2.85. The Morgan fingerprint density at radius 3 is 2.53 bits per heavy atom. The second-order valence-corrected chi connectivity index (χ2v) is 8.36. The van der Waals surface area contributed by atoms with Gasteiger partial charge in [-0.15, -0.1) is 0 Å². The number of benzene rings is 1. The molecule has 170 valence electrons. The second-order valence-electron chi connectivity index (χ2n) is 8.36. The third-order valence-corrected chi connectivity index (χ3v) is 6.13. The van der Waals surface area contributed by atoms with E-state index in [0.717, 1.165) is 25.7 Å². The maximum atomic E-state index is 13.9. The third kappa shape index (κ3) is 4.24.